The number of ether oxygens (including phenoxy) is 1. The molecule has 24 heavy (non-hydrogen) atoms. The van der Waals surface area contributed by atoms with E-state index < -0.39 is 11.7 Å². The maximum atomic E-state index is 13.9. The maximum Gasteiger partial charge on any atom is 0.258 e. The van der Waals surface area contributed by atoms with Crippen LogP contribution in [-0.2, 0) is 0 Å². The molecule has 1 fully saturated rings. The van der Waals surface area contributed by atoms with E-state index in [0.29, 0.717) is 31.0 Å². The second-order valence-electron chi connectivity index (χ2n) is 5.37. The lowest BCUT2D eigenvalue weighted by Gasteiger charge is -2.18. The summed E-state index contributed by atoms with van der Waals surface area (Å²) in [5, 5.41) is 8.97. The lowest BCUT2D eigenvalue weighted by Crippen LogP contribution is -2.31. The van der Waals surface area contributed by atoms with Crippen molar-refractivity contribution < 1.29 is 13.9 Å². The molecule has 0 aliphatic carbocycles. The van der Waals surface area contributed by atoms with Crippen LogP contribution in [-0.4, -0.2) is 35.0 Å². The number of hydrogen-bond donors (Lipinski definition) is 0. The first-order valence-electron chi connectivity index (χ1n) is 7.34. The van der Waals surface area contributed by atoms with E-state index in [1.807, 2.05) is 6.07 Å². The number of aromatic nitrogens is 1. The third-order valence-corrected chi connectivity index (χ3v) is 4.08. The van der Waals surface area contributed by atoms with Crippen LogP contribution in [0.1, 0.15) is 22.3 Å². The number of benzene rings is 1. The Morgan fingerprint density at radius 3 is 3.04 bits per heavy atom. The minimum absolute atomic E-state index is 0.0905. The van der Waals surface area contributed by atoms with Crippen molar-refractivity contribution in [3.05, 3.63) is 58.5 Å². The molecule has 1 amide bonds. The van der Waals surface area contributed by atoms with Crippen LogP contribution in [0.25, 0.3) is 0 Å². The van der Waals surface area contributed by atoms with E-state index in [9.17, 15) is 9.18 Å². The number of halogens is 2. The van der Waals surface area contributed by atoms with Crippen LogP contribution in [0.2, 0.25) is 5.02 Å². The summed E-state index contributed by atoms with van der Waals surface area (Å²) in [7, 11) is 0. The van der Waals surface area contributed by atoms with E-state index in [4.69, 9.17) is 21.6 Å². The van der Waals surface area contributed by atoms with Gasteiger partial charge in [-0.3, -0.25) is 4.79 Å². The zero-order valence-electron chi connectivity index (χ0n) is 12.6. The Hall–Kier alpha value is -2.65. The van der Waals surface area contributed by atoms with E-state index in [1.165, 1.54) is 35.4 Å². The number of nitriles is 1. The van der Waals surface area contributed by atoms with Crippen LogP contribution in [0.15, 0.2) is 36.5 Å². The molecule has 1 saturated heterocycles. The van der Waals surface area contributed by atoms with Gasteiger partial charge in [0.25, 0.3) is 5.91 Å². The van der Waals surface area contributed by atoms with Crippen molar-refractivity contribution in [2.75, 3.05) is 13.1 Å². The van der Waals surface area contributed by atoms with E-state index in [2.05, 4.69) is 4.98 Å². The van der Waals surface area contributed by atoms with Gasteiger partial charge in [-0.25, -0.2) is 9.37 Å². The van der Waals surface area contributed by atoms with Gasteiger partial charge in [0.1, 0.15) is 11.9 Å². The van der Waals surface area contributed by atoms with Gasteiger partial charge in [0, 0.05) is 25.2 Å². The quantitative estimate of drug-likeness (QED) is 0.857. The molecule has 2 aromatic rings. The van der Waals surface area contributed by atoms with E-state index in [0.717, 1.165) is 0 Å². The molecule has 7 heteroatoms. The number of pyridine rings is 1. The number of rotatable bonds is 3. The minimum atomic E-state index is -0.639. The molecule has 122 valence electrons. The number of carbonyl (C=O) groups is 1. The summed E-state index contributed by atoms with van der Waals surface area (Å²) in [4.78, 5) is 18.0. The summed E-state index contributed by atoms with van der Waals surface area (Å²) in [6.45, 7) is 0.744. The van der Waals surface area contributed by atoms with Crippen molar-refractivity contribution in [3.63, 3.8) is 0 Å². The van der Waals surface area contributed by atoms with Gasteiger partial charge < -0.3 is 9.64 Å². The molecule has 1 atom stereocenters. The largest absolute Gasteiger partial charge is 0.472 e. The number of carbonyl (C=O) groups excluding carboxylic acids is 1. The van der Waals surface area contributed by atoms with Crippen LogP contribution < -0.4 is 4.74 Å². The highest BCUT2D eigenvalue weighted by Crippen LogP contribution is 2.24. The predicted octanol–water partition coefficient (Wildman–Crippen LogP) is 3.04. The molecule has 1 aromatic heterocycles. The zero-order valence-corrected chi connectivity index (χ0v) is 13.3. The molecular formula is C17H13ClFN3O2. The highest BCUT2D eigenvalue weighted by Gasteiger charge is 2.30. The van der Waals surface area contributed by atoms with E-state index >= 15 is 0 Å². The number of hydrogen-bond acceptors (Lipinski definition) is 4. The summed E-state index contributed by atoms with van der Waals surface area (Å²) < 4.78 is 19.6. The molecule has 0 radical (unpaired) electrons. The monoisotopic (exact) mass is 345 g/mol. The molecule has 1 aromatic carbocycles. The van der Waals surface area contributed by atoms with Gasteiger partial charge in [0.05, 0.1) is 28.8 Å². The van der Waals surface area contributed by atoms with Crippen LogP contribution >= 0.6 is 11.6 Å². The Balaban J connectivity index is 1.69. The molecule has 0 saturated carbocycles. The van der Waals surface area contributed by atoms with Gasteiger partial charge in [-0.1, -0.05) is 17.7 Å². The van der Waals surface area contributed by atoms with Gasteiger partial charge >= 0.3 is 0 Å². The van der Waals surface area contributed by atoms with Crippen molar-refractivity contribution >= 4 is 17.5 Å². The summed E-state index contributed by atoms with van der Waals surface area (Å²) >= 11 is 5.94. The Kier molecular flexibility index (Phi) is 4.63. The van der Waals surface area contributed by atoms with Crippen molar-refractivity contribution in [1.82, 2.24) is 9.88 Å². The predicted molar refractivity (Wildman–Crippen MR) is 85.3 cm³/mol. The second-order valence-corrected chi connectivity index (χ2v) is 5.78. The fourth-order valence-corrected chi connectivity index (χ4v) is 2.83. The fourth-order valence-electron chi connectivity index (χ4n) is 2.58. The van der Waals surface area contributed by atoms with Gasteiger partial charge in [-0.2, -0.15) is 5.26 Å². The van der Waals surface area contributed by atoms with Crippen LogP contribution in [0.4, 0.5) is 4.39 Å². The van der Waals surface area contributed by atoms with Crippen molar-refractivity contribution in [3.8, 4) is 11.9 Å². The molecule has 0 N–H and O–H groups in total. The lowest BCUT2D eigenvalue weighted by molar-refractivity contribution is 0.0766. The highest BCUT2D eigenvalue weighted by molar-refractivity contribution is 6.33. The Morgan fingerprint density at radius 2 is 2.29 bits per heavy atom. The summed E-state index contributed by atoms with van der Waals surface area (Å²) in [6.07, 6.45) is 1.82. The van der Waals surface area contributed by atoms with E-state index in [1.54, 1.807) is 6.07 Å². The number of nitrogens with zero attached hydrogens (tertiary/aromatic N) is 3. The molecule has 0 bridgehead atoms. The normalized spacial score (nSPS) is 16.7. The van der Waals surface area contributed by atoms with Gasteiger partial charge in [0.2, 0.25) is 5.88 Å². The summed E-state index contributed by atoms with van der Waals surface area (Å²) in [5.41, 5.74) is 0.327. The average Bonchev–Trinajstić information content (AvgIpc) is 3.03. The smallest absolute Gasteiger partial charge is 0.258 e. The van der Waals surface area contributed by atoms with Gasteiger partial charge in [0.15, 0.2) is 0 Å². The van der Waals surface area contributed by atoms with Crippen molar-refractivity contribution in [2.24, 2.45) is 0 Å². The molecule has 2 heterocycles. The topological polar surface area (TPSA) is 66.2 Å². The SMILES string of the molecule is N#Cc1ccnc(OC2CCN(C(=O)c3c(F)cccc3Cl)C2)c1. The zero-order chi connectivity index (χ0) is 17.1. The van der Waals surface area contributed by atoms with Crippen molar-refractivity contribution in [1.29, 1.82) is 5.26 Å². The lowest BCUT2D eigenvalue weighted by atomic mass is 10.2. The molecule has 0 spiro atoms. The standard InChI is InChI=1S/C17H13ClFN3O2/c18-13-2-1-3-14(19)16(13)17(23)22-7-5-12(10-22)24-15-8-11(9-20)4-6-21-15/h1-4,6,8,12H,5,7,10H2. The molecule has 1 aliphatic rings. The fraction of sp³-hybridized carbons (Fsp3) is 0.235. The van der Waals surface area contributed by atoms with Crippen LogP contribution in [0.3, 0.4) is 0 Å². The summed E-state index contributed by atoms with van der Waals surface area (Å²) in [6, 6.07) is 9.28. The van der Waals surface area contributed by atoms with Gasteiger partial charge in [-0.15, -0.1) is 0 Å². The molecule has 3 rings (SSSR count). The first kappa shape index (κ1) is 16.2. The highest BCUT2D eigenvalue weighted by atomic mass is 35.5. The van der Waals surface area contributed by atoms with Crippen molar-refractivity contribution in [2.45, 2.75) is 12.5 Å². The molecule has 1 unspecified atom stereocenters. The number of amides is 1. The Labute approximate surface area is 143 Å². The third-order valence-electron chi connectivity index (χ3n) is 3.76. The maximum absolute atomic E-state index is 13.9. The molecule has 5 nitrogen and oxygen atoms in total. The first-order chi connectivity index (χ1) is 11.6. The minimum Gasteiger partial charge on any atom is -0.472 e. The van der Waals surface area contributed by atoms with E-state index in [-0.39, 0.29) is 16.7 Å². The Bertz CT molecular complexity index is 801. The number of likely N-dealkylation sites (tertiary alicyclic amines) is 1. The first-order valence-corrected chi connectivity index (χ1v) is 7.72. The second kappa shape index (κ2) is 6.85. The summed E-state index contributed by atoms with van der Waals surface area (Å²) in [5.74, 6) is -0.763. The third kappa shape index (κ3) is 3.31. The molecular weight excluding hydrogens is 333 g/mol. The van der Waals surface area contributed by atoms with Crippen LogP contribution in [0.5, 0.6) is 5.88 Å². The average molecular weight is 346 g/mol. The van der Waals surface area contributed by atoms with Crippen LogP contribution in [0, 0.1) is 17.1 Å². The molecule has 1 aliphatic heterocycles. The Morgan fingerprint density at radius 1 is 1.46 bits per heavy atom. The van der Waals surface area contributed by atoms with Gasteiger partial charge in [-0.05, 0) is 18.2 Å².